The predicted molar refractivity (Wildman–Crippen MR) is 95.4 cm³/mol. The molecule has 0 radical (unpaired) electrons. The summed E-state index contributed by atoms with van der Waals surface area (Å²) in [4.78, 5) is 0. The van der Waals surface area contributed by atoms with Crippen LogP contribution in [0.3, 0.4) is 0 Å². The Hall–Kier alpha value is -0.160. The lowest BCUT2D eigenvalue weighted by Crippen LogP contribution is -2.31. The summed E-state index contributed by atoms with van der Waals surface area (Å²) in [6.07, 6.45) is 1.73. The van der Waals surface area contributed by atoms with Gasteiger partial charge in [-0.1, -0.05) is 0 Å². The largest absolute Gasteiger partial charge is 0.495 e. The van der Waals surface area contributed by atoms with Gasteiger partial charge in [-0.15, -0.1) is 0 Å². The average molecular weight is 489 g/mol. The maximum Gasteiger partial charge on any atom is 0.186 e. The molecule has 0 saturated carbocycles. The van der Waals surface area contributed by atoms with Gasteiger partial charge in [0.2, 0.25) is 0 Å². The van der Waals surface area contributed by atoms with Crippen LogP contribution in [0.5, 0.6) is 5.75 Å². The SMILES string of the molecule is CCNC(=S)N/N=C\c1cc(I)c(OC)c(I)c1. The second kappa shape index (κ2) is 8.10. The van der Waals surface area contributed by atoms with Crippen LogP contribution in [-0.4, -0.2) is 25.0 Å². The molecule has 0 aromatic heterocycles. The van der Waals surface area contributed by atoms with Crippen molar-refractivity contribution in [2.24, 2.45) is 5.10 Å². The number of hydrogen-bond acceptors (Lipinski definition) is 3. The quantitative estimate of drug-likeness (QED) is 0.296. The van der Waals surface area contributed by atoms with Gasteiger partial charge in [0.05, 0.1) is 20.5 Å². The third-order valence-corrected chi connectivity index (χ3v) is 3.78. The van der Waals surface area contributed by atoms with Crippen LogP contribution in [0, 0.1) is 7.14 Å². The Morgan fingerprint density at radius 3 is 2.56 bits per heavy atom. The van der Waals surface area contributed by atoms with Crippen molar-refractivity contribution in [2.45, 2.75) is 6.92 Å². The summed E-state index contributed by atoms with van der Waals surface area (Å²) in [6.45, 7) is 2.76. The van der Waals surface area contributed by atoms with E-state index in [2.05, 4.69) is 61.0 Å². The molecule has 0 amide bonds. The van der Waals surface area contributed by atoms with Crippen molar-refractivity contribution in [2.75, 3.05) is 13.7 Å². The van der Waals surface area contributed by atoms with E-state index >= 15 is 0 Å². The topological polar surface area (TPSA) is 45.7 Å². The first-order valence-electron chi connectivity index (χ1n) is 5.18. The number of hydrazone groups is 1. The van der Waals surface area contributed by atoms with E-state index in [9.17, 15) is 0 Å². The normalized spacial score (nSPS) is 10.4. The van der Waals surface area contributed by atoms with Crippen molar-refractivity contribution in [3.8, 4) is 5.75 Å². The zero-order valence-electron chi connectivity index (χ0n) is 9.96. The highest BCUT2D eigenvalue weighted by Crippen LogP contribution is 2.27. The molecule has 4 nitrogen and oxygen atoms in total. The third-order valence-electron chi connectivity index (χ3n) is 1.94. The van der Waals surface area contributed by atoms with E-state index in [0.29, 0.717) is 5.11 Å². The molecule has 1 rings (SSSR count). The molecule has 0 unspecified atom stereocenters. The second-order valence-electron chi connectivity index (χ2n) is 3.25. The van der Waals surface area contributed by atoms with E-state index in [1.54, 1.807) is 13.3 Å². The van der Waals surface area contributed by atoms with E-state index in [1.165, 1.54) is 0 Å². The molecule has 18 heavy (non-hydrogen) atoms. The first-order valence-corrected chi connectivity index (χ1v) is 7.75. The monoisotopic (exact) mass is 489 g/mol. The average Bonchev–Trinajstić information content (AvgIpc) is 2.29. The molecule has 0 heterocycles. The van der Waals surface area contributed by atoms with Crippen LogP contribution in [0.4, 0.5) is 0 Å². The summed E-state index contributed by atoms with van der Waals surface area (Å²) in [5.41, 5.74) is 3.75. The fourth-order valence-electron chi connectivity index (χ4n) is 1.21. The van der Waals surface area contributed by atoms with Crippen molar-refractivity contribution < 1.29 is 4.74 Å². The van der Waals surface area contributed by atoms with E-state index in [-0.39, 0.29) is 0 Å². The van der Waals surface area contributed by atoms with Gasteiger partial charge in [-0.2, -0.15) is 5.10 Å². The molecule has 0 bridgehead atoms. The van der Waals surface area contributed by atoms with Gasteiger partial charge in [-0.25, -0.2) is 0 Å². The van der Waals surface area contributed by atoms with Crippen molar-refractivity contribution >= 4 is 68.7 Å². The maximum absolute atomic E-state index is 5.30. The Morgan fingerprint density at radius 2 is 2.06 bits per heavy atom. The van der Waals surface area contributed by atoms with Gasteiger partial charge in [0.25, 0.3) is 0 Å². The lowest BCUT2D eigenvalue weighted by Gasteiger charge is -2.07. The molecule has 98 valence electrons. The first kappa shape index (κ1) is 15.9. The van der Waals surface area contributed by atoms with Gasteiger partial charge in [-0.3, -0.25) is 5.43 Å². The summed E-state index contributed by atoms with van der Waals surface area (Å²) in [5.74, 6) is 0.893. The molecule has 0 atom stereocenters. The van der Waals surface area contributed by atoms with Crippen LogP contribution in [-0.2, 0) is 0 Å². The molecule has 0 aliphatic carbocycles. The van der Waals surface area contributed by atoms with Crippen molar-refractivity contribution in [1.82, 2.24) is 10.7 Å². The summed E-state index contributed by atoms with van der Waals surface area (Å²) >= 11 is 9.48. The Labute approximate surface area is 139 Å². The summed E-state index contributed by atoms with van der Waals surface area (Å²) in [7, 11) is 1.67. The number of thiocarbonyl (C=S) groups is 1. The molecule has 1 aromatic rings. The molecular formula is C11H13I2N3OS. The Bertz CT molecular complexity index is 443. The smallest absolute Gasteiger partial charge is 0.186 e. The summed E-state index contributed by atoms with van der Waals surface area (Å²) in [6, 6.07) is 4.01. The van der Waals surface area contributed by atoms with Crippen LogP contribution in [0.25, 0.3) is 0 Å². The van der Waals surface area contributed by atoms with Gasteiger partial charge in [-0.05, 0) is 82.0 Å². The van der Waals surface area contributed by atoms with E-state index in [1.807, 2.05) is 19.1 Å². The van der Waals surface area contributed by atoms with Crippen LogP contribution in [0.15, 0.2) is 17.2 Å². The highest BCUT2D eigenvalue weighted by Gasteiger charge is 2.06. The molecule has 0 aliphatic rings. The summed E-state index contributed by atoms with van der Waals surface area (Å²) in [5, 5.41) is 7.55. The zero-order valence-corrected chi connectivity index (χ0v) is 15.1. The number of benzene rings is 1. The number of rotatable bonds is 4. The van der Waals surface area contributed by atoms with Crippen LogP contribution >= 0.6 is 57.4 Å². The van der Waals surface area contributed by atoms with E-state index in [0.717, 1.165) is 25.0 Å². The minimum atomic E-state index is 0.520. The lowest BCUT2D eigenvalue weighted by atomic mass is 10.2. The number of halogens is 2. The third kappa shape index (κ3) is 4.84. The second-order valence-corrected chi connectivity index (χ2v) is 5.98. The van der Waals surface area contributed by atoms with Crippen molar-refractivity contribution in [3.05, 3.63) is 24.8 Å². The number of hydrogen-bond donors (Lipinski definition) is 2. The summed E-state index contributed by atoms with van der Waals surface area (Å²) < 4.78 is 7.41. The fraction of sp³-hybridized carbons (Fsp3) is 0.273. The van der Waals surface area contributed by atoms with E-state index < -0.39 is 0 Å². The van der Waals surface area contributed by atoms with Crippen LogP contribution in [0.1, 0.15) is 12.5 Å². The molecule has 2 N–H and O–H groups in total. The molecule has 0 saturated heterocycles. The number of nitrogens with zero attached hydrogens (tertiary/aromatic N) is 1. The molecule has 1 aromatic carbocycles. The van der Waals surface area contributed by atoms with Crippen molar-refractivity contribution in [3.63, 3.8) is 0 Å². The fourth-order valence-corrected chi connectivity index (χ4v) is 3.67. The van der Waals surface area contributed by atoms with Gasteiger partial charge in [0.15, 0.2) is 5.11 Å². The van der Waals surface area contributed by atoms with Gasteiger partial charge in [0.1, 0.15) is 5.75 Å². The van der Waals surface area contributed by atoms with Crippen LogP contribution < -0.4 is 15.5 Å². The first-order chi connectivity index (χ1) is 8.58. The molecular weight excluding hydrogens is 476 g/mol. The highest BCUT2D eigenvalue weighted by atomic mass is 127. The number of ether oxygens (including phenoxy) is 1. The predicted octanol–water partition coefficient (Wildman–Crippen LogP) is 2.72. The van der Waals surface area contributed by atoms with Crippen LogP contribution in [0.2, 0.25) is 0 Å². The number of methoxy groups -OCH3 is 1. The minimum absolute atomic E-state index is 0.520. The Balaban J connectivity index is 2.74. The standard InChI is InChI=1S/C11H13I2N3OS/c1-3-14-11(18)16-15-6-7-4-8(12)10(17-2)9(13)5-7/h4-6H,3H2,1-2H3,(H2,14,16,18)/b15-6-. The van der Waals surface area contributed by atoms with Crippen molar-refractivity contribution in [1.29, 1.82) is 0 Å². The number of nitrogens with one attached hydrogen (secondary N) is 2. The van der Waals surface area contributed by atoms with E-state index in [4.69, 9.17) is 17.0 Å². The molecule has 0 fully saturated rings. The Kier molecular flexibility index (Phi) is 7.15. The molecule has 0 aliphatic heterocycles. The lowest BCUT2D eigenvalue weighted by molar-refractivity contribution is 0.409. The Morgan fingerprint density at radius 1 is 1.44 bits per heavy atom. The highest BCUT2D eigenvalue weighted by molar-refractivity contribution is 14.1. The zero-order chi connectivity index (χ0) is 13.5. The molecule has 0 spiro atoms. The maximum atomic E-state index is 5.30. The van der Waals surface area contributed by atoms with Gasteiger partial charge >= 0.3 is 0 Å². The van der Waals surface area contributed by atoms with Gasteiger partial charge < -0.3 is 10.1 Å². The molecule has 7 heteroatoms. The minimum Gasteiger partial charge on any atom is -0.495 e. The van der Waals surface area contributed by atoms with Gasteiger partial charge in [0, 0.05) is 6.54 Å².